The first-order valence-corrected chi connectivity index (χ1v) is 9.49. The molecule has 0 saturated carbocycles. The van der Waals surface area contributed by atoms with Crippen molar-refractivity contribution in [2.24, 2.45) is 7.05 Å². The van der Waals surface area contributed by atoms with Gasteiger partial charge in [0.2, 0.25) is 0 Å². The molecule has 1 aromatic carbocycles. The molecule has 2 aromatic heterocycles. The molecule has 3 heterocycles. The van der Waals surface area contributed by atoms with Crippen LogP contribution >= 0.6 is 0 Å². The number of hydrogen-bond acceptors (Lipinski definition) is 4. The summed E-state index contributed by atoms with van der Waals surface area (Å²) in [7, 11) is 1.96. The van der Waals surface area contributed by atoms with E-state index in [0.29, 0.717) is 5.92 Å². The molecular formula is C20H25N5O2. The summed E-state index contributed by atoms with van der Waals surface area (Å²) in [6.07, 6.45) is 4.22. The largest absolute Gasteiger partial charge is 0.478 e. The molecule has 1 fully saturated rings. The van der Waals surface area contributed by atoms with E-state index in [2.05, 4.69) is 27.6 Å². The van der Waals surface area contributed by atoms with Crippen LogP contribution in [-0.2, 0) is 20.1 Å². The predicted molar refractivity (Wildman–Crippen MR) is 103 cm³/mol. The van der Waals surface area contributed by atoms with Gasteiger partial charge < -0.3 is 9.67 Å². The average Bonchev–Trinajstić information content (AvgIpc) is 3.24. The lowest BCUT2D eigenvalue weighted by Crippen LogP contribution is -2.33. The van der Waals surface area contributed by atoms with Crippen molar-refractivity contribution in [1.29, 1.82) is 0 Å². The van der Waals surface area contributed by atoms with Crippen molar-refractivity contribution >= 4 is 17.0 Å². The first-order chi connectivity index (χ1) is 13.0. The molecule has 27 heavy (non-hydrogen) atoms. The Bertz CT molecular complexity index is 966. The topological polar surface area (TPSA) is 76.2 Å². The van der Waals surface area contributed by atoms with Crippen LogP contribution in [0.5, 0.6) is 0 Å². The van der Waals surface area contributed by atoms with Gasteiger partial charge in [-0.3, -0.25) is 9.58 Å². The normalized spacial score (nSPS) is 16.2. The average molecular weight is 367 g/mol. The van der Waals surface area contributed by atoms with Crippen molar-refractivity contribution in [2.75, 3.05) is 13.1 Å². The van der Waals surface area contributed by atoms with E-state index in [1.54, 1.807) is 12.1 Å². The minimum Gasteiger partial charge on any atom is -0.478 e. The number of carboxylic acid groups (broad SMARTS) is 1. The number of fused-ring (bicyclic) bond motifs is 1. The van der Waals surface area contributed by atoms with E-state index in [9.17, 15) is 9.90 Å². The van der Waals surface area contributed by atoms with Crippen molar-refractivity contribution in [1.82, 2.24) is 24.2 Å². The summed E-state index contributed by atoms with van der Waals surface area (Å²) in [4.78, 5) is 18.4. The van der Waals surface area contributed by atoms with Crippen molar-refractivity contribution in [2.45, 2.75) is 38.8 Å². The van der Waals surface area contributed by atoms with Gasteiger partial charge in [0.05, 0.1) is 28.8 Å². The third kappa shape index (κ3) is 3.47. The second kappa shape index (κ2) is 7.15. The zero-order valence-electron chi connectivity index (χ0n) is 15.8. The quantitative estimate of drug-likeness (QED) is 0.750. The SMILES string of the molecule is CCn1c(CN2CCC(c3ccn(C)n3)CC2)nc2cc(C(=O)O)ccc21. The Labute approximate surface area is 158 Å². The molecule has 7 heteroatoms. The van der Waals surface area contributed by atoms with Gasteiger partial charge in [-0.15, -0.1) is 0 Å². The number of piperidine rings is 1. The van der Waals surface area contributed by atoms with Crippen molar-refractivity contribution in [3.05, 3.63) is 47.5 Å². The molecule has 0 amide bonds. The number of nitrogens with zero attached hydrogens (tertiary/aromatic N) is 5. The van der Waals surface area contributed by atoms with E-state index in [-0.39, 0.29) is 5.56 Å². The minimum atomic E-state index is -0.916. The van der Waals surface area contributed by atoms with Crippen LogP contribution in [0.15, 0.2) is 30.5 Å². The number of carboxylic acids is 1. The fourth-order valence-electron chi connectivity index (χ4n) is 4.02. The third-order valence-electron chi connectivity index (χ3n) is 5.50. The smallest absolute Gasteiger partial charge is 0.335 e. The van der Waals surface area contributed by atoms with Crippen LogP contribution < -0.4 is 0 Å². The Kier molecular flexibility index (Phi) is 4.70. The standard InChI is InChI=1S/C20H25N5O2/c1-3-25-18-5-4-15(20(26)27)12-17(18)21-19(25)13-24-10-6-14(7-11-24)16-8-9-23(2)22-16/h4-5,8-9,12,14H,3,6-7,10-11,13H2,1-2H3,(H,26,27). The van der Waals surface area contributed by atoms with E-state index in [1.807, 2.05) is 24.0 Å². The van der Waals surface area contributed by atoms with E-state index in [1.165, 1.54) is 5.69 Å². The van der Waals surface area contributed by atoms with E-state index < -0.39 is 5.97 Å². The zero-order chi connectivity index (χ0) is 19.0. The first-order valence-electron chi connectivity index (χ1n) is 9.49. The van der Waals surface area contributed by atoms with Gasteiger partial charge in [0.15, 0.2) is 0 Å². The lowest BCUT2D eigenvalue weighted by atomic mass is 9.94. The maximum atomic E-state index is 11.2. The van der Waals surface area contributed by atoms with Crippen molar-refractivity contribution < 1.29 is 9.90 Å². The molecular weight excluding hydrogens is 342 g/mol. The molecule has 1 N–H and O–H groups in total. The highest BCUT2D eigenvalue weighted by Gasteiger charge is 2.23. The highest BCUT2D eigenvalue weighted by molar-refractivity contribution is 5.92. The molecule has 0 bridgehead atoms. The summed E-state index contributed by atoms with van der Waals surface area (Å²) < 4.78 is 4.06. The summed E-state index contributed by atoms with van der Waals surface area (Å²) in [5, 5.41) is 13.8. The summed E-state index contributed by atoms with van der Waals surface area (Å²) >= 11 is 0. The van der Waals surface area contributed by atoms with Crippen LogP contribution in [0, 0.1) is 0 Å². The Morgan fingerprint density at radius 2 is 2.04 bits per heavy atom. The molecule has 4 rings (SSSR count). The predicted octanol–water partition coefficient (Wildman–Crippen LogP) is 2.87. The van der Waals surface area contributed by atoms with Gasteiger partial charge in [0.1, 0.15) is 5.82 Å². The van der Waals surface area contributed by atoms with Crippen molar-refractivity contribution in [3.63, 3.8) is 0 Å². The summed E-state index contributed by atoms with van der Waals surface area (Å²) in [5.41, 5.74) is 3.24. The van der Waals surface area contributed by atoms with E-state index in [0.717, 1.165) is 55.9 Å². The molecule has 0 atom stereocenters. The highest BCUT2D eigenvalue weighted by Crippen LogP contribution is 2.28. The fraction of sp³-hybridized carbons (Fsp3) is 0.450. The molecule has 1 aliphatic rings. The third-order valence-corrected chi connectivity index (χ3v) is 5.50. The van der Waals surface area contributed by atoms with E-state index >= 15 is 0 Å². The van der Waals surface area contributed by atoms with Crippen LogP contribution in [-0.4, -0.2) is 48.4 Å². The molecule has 7 nitrogen and oxygen atoms in total. The minimum absolute atomic E-state index is 0.283. The van der Waals surface area contributed by atoms with Gasteiger partial charge in [0.25, 0.3) is 0 Å². The monoisotopic (exact) mass is 367 g/mol. The van der Waals surface area contributed by atoms with Crippen LogP contribution in [0.25, 0.3) is 11.0 Å². The molecule has 0 spiro atoms. The van der Waals surface area contributed by atoms with Gasteiger partial charge in [0, 0.05) is 25.7 Å². The lowest BCUT2D eigenvalue weighted by Gasteiger charge is -2.31. The van der Waals surface area contributed by atoms with Gasteiger partial charge in [-0.05, 0) is 57.1 Å². The number of aromatic nitrogens is 4. The Balaban J connectivity index is 1.49. The van der Waals surface area contributed by atoms with Gasteiger partial charge in [-0.25, -0.2) is 9.78 Å². The zero-order valence-corrected chi connectivity index (χ0v) is 15.8. The van der Waals surface area contributed by atoms with Crippen LogP contribution in [0.2, 0.25) is 0 Å². The molecule has 0 aliphatic carbocycles. The van der Waals surface area contributed by atoms with Gasteiger partial charge in [-0.2, -0.15) is 5.10 Å². The second-order valence-electron chi connectivity index (χ2n) is 7.25. The Morgan fingerprint density at radius 3 is 2.67 bits per heavy atom. The van der Waals surface area contributed by atoms with Crippen LogP contribution in [0.4, 0.5) is 0 Å². The highest BCUT2D eigenvalue weighted by atomic mass is 16.4. The van der Waals surface area contributed by atoms with Crippen molar-refractivity contribution in [3.8, 4) is 0 Å². The van der Waals surface area contributed by atoms with Crippen LogP contribution in [0.1, 0.15) is 47.6 Å². The number of carbonyl (C=O) groups is 1. The fourth-order valence-corrected chi connectivity index (χ4v) is 4.02. The molecule has 0 unspecified atom stereocenters. The summed E-state index contributed by atoms with van der Waals surface area (Å²) in [5.74, 6) is 0.623. The summed E-state index contributed by atoms with van der Waals surface area (Å²) in [6, 6.07) is 7.31. The maximum absolute atomic E-state index is 11.2. The molecule has 3 aromatic rings. The maximum Gasteiger partial charge on any atom is 0.335 e. The Hall–Kier alpha value is -2.67. The molecule has 0 radical (unpaired) electrons. The lowest BCUT2D eigenvalue weighted by molar-refractivity contribution is 0.0697. The number of benzene rings is 1. The van der Waals surface area contributed by atoms with Gasteiger partial charge >= 0.3 is 5.97 Å². The molecule has 1 saturated heterocycles. The second-order valence-corrected chi connectivity index (χ2v) is 7.25. The number of aryl methyl sites for hydroxylation is 2. The number of likely N-dealkylation sites (tertiary alicyclic amines) is 1. The Morgan fingerprint density at radius 1 is 1.26 bits per heavy atom. The van der Waals surface area contributed by atoms with E-state index in [4.69, 9.17) is 4.98 Å². The number of hydrogen-bond donors (Lipinski definition) is 1. The van der Waals surface area contributed by atoms with Crippen LogP contribution in [0.3, 0.4) is 0 Å². The number of imidazole rings is 1. The first kappa shape index (κ1) is 17.7. The summed E-state index contributed by atoms with van der Waals surface area (Å²) in [6.45, 7) is 5.76. The molecule has 1 aliphatic heterocycles. The number of aromatic carboxylic acids is 1. The van der Waals surface area contributed by atoms with Gasteiger partial charge in [-0.1, -0.05) is 0 Å². The molecule has 142 valence electrons. The number of rotatable bonds is 5.